The van der Waals surface area contributed by atoms with E-state index in [-0.39, 0.29) is 5.91 Å². The number of amides is 1. The summed E-state index contributed by atoms with van der Waals surface area (Å²) in [6.45, 7) is 7.39. The lowest BCUT2D eigenvalue weighted by molar-refractivity contribution is 0.0646. The molecule has 1 amide bonds. The summed E-state index contributed by atoms with van der Waals surface area (Å²) in [6.07, 6.45) is 2.12. The van der Waals surface area contributed by atoms with Crippen molar-refractivity contribution in [2.45, 2.75) is 32.7 Å². The first-order valence-corrected chi connectivity index (χ1v) is 7.38. The quantitative estimate of drug-likeness (QED) is 0.860. The molecule has 2 rings (SSSR count). The number of nitrogen functional groups attached to an aromatic ring is 1. The van der Waals surface area contributed by atoms with E-state index in [1.54, 1.807) is 6.07 Å². The lowest BCUT2D eigenvalue weighted by Crippen LogP contribution is -2.45. The predicted molar refractivity (Wildman–Crippen MR) is 82.8 cm³/mol. The normalized spacial score (nSPS) is 17.1. The second-order valence-corrected chi connectivity index (χ2v) is 5.66. The van der Waals surface area contributed by atoms with Crippen LogP contribution < -0.4 is 5.73 Å². The van der Waals surface area contributed by atoms with E-state index in [1.807, 2.05) is 31.0 Å². The van der Waals surface area contributed by atoms with Crippen LogP contribution in [0.2, 0.25) is 0 Å². The maximum absolute atomic E-state index is 12.6. The van der Waals surface area contributed by atoms with E-state index in [4.69, 9.17) is 5.73 Å². The van der Waals surface area contributed by atoms with Crippen molar-refractivity contribution in [3.05, 3.63) is 29.3 Å². The zero-order chi connectivity index (χ0) is 14.7. The fourth-order valence-corrected chi connectivity index (χ4v) is 2.91. The molecule has 0 radical (unpaired) electrons. The Morgan fingerprint density at radius 1 is 1.40 bits per heavy atom. The maximum atomic E-state index is 12.6. The number of nitrogens with two attached hydrogens (primary N) is 1. The van der Waals surface area contributed by atoms with E-state index in [2.05, 4.69) is 11.8 Å². The molecule has 20 heavy (non-hydrogen) atoms. The molecule has 0 aromatic heterocycles. The third-order valence-electron chi connectivity index (χ3n) is 4.35. The summed E-state index contributed by atoms with van der Waals surface area (Å²) in [5.41, 5.74) is 8.17. The molecule has 0 bridgehead atoms. The summed E-state index contributed by atoms with van der Waals surface area (Å²) in [5.74, 6) is 0.109. The zero-order valence-corrected chi connectivity index (χ0v) is 12.7. The Morgan fingerprint density at radius 3 is 2.60 bits per heavy atom. The number of aryl methyl sites for hydroxylation is 1. The van der Waals surface area contributed by atoms with Gasteiger partial charge in [-0.25, -0.2) is 0 Å². The van der Waals surface area contributed by atoms with E-state index < -0.39 is 0 Å². The van der Waals surface area contributed by atoms with Crippen molar-refractivity contribution < 1.29 is 4.79 Å². The topological polar surface area (TPSA) is 49.6 Å². The minimum absolute atomic E-state index is 0.109. The number of rotatable bonds is 3. The molecule has 2 N–H and O–H groups in total. The van der Waals surface area contributed by atoms with Crippen molar-refractivity contribution in [2.75, 3.05) is 32.4 Å². The average molecular weight is 275 g/mol. The second-order valence-electron chi connectivity index (χ2n) is 5.66. The molecule has 1 heterocycles. The molecule has 1 aliphatic rings. The molecule has 1 aromatic carbocycles. The van der Waals surface area contributed by atoms with Gasteiger partial charge in [0.2, 0.25) is 0 Å². The van der Waals surface area contributed by atoms with Gasteiger partial charge in [-0.15, -0.1) is 0 Å². The summed E-state index contributed by atoms with van der Waals surface area (Å²) in [6, 6.07) is 5.85. The van der Waals surface area contributed by atoms with Crippen LogP contribution in [0.3, 0.4) is 0 Å². The second kappa shape index (κ2) is 6.27. The number of anilines is 1. The van der Waals surface area contributed by atoms with Crippen LogP contribution >= 0.6 is 0 Å². The van der Waals surface area contributed by atoms with Gasteiger partial charge in [0.05, 0.1) is 0 Å². The highest BCUT2D eigenvalue weighted by molar-refractivity contribution is 5.96. The van der Waals surface area contributed by atoms with Crippen molar-refractivity contribution in [3.8, 4) is 0 Å². The Balaban J connectivity index is 2.05. The lowest BCUT2D eigenvalue weighted by Gasteiger charge is -2.36. The summed E-state index contributed by atoms with van der Waals surface area (Å²) >= 11 is 0. The predicted octanol–water partition coefficient (Wildman–Crippen LogP) is 2.13. The largest absolute Gasteiger partial charge is 0.399 e. The molecule has 4 nitrogen and oxygen atoms in total. The summed E-state index contributed by atoms with van der Waals surface area (Å²) in [7, 11) is 1.92. The highest BCUT2D eigenvalue weighted by atomic mass is 16.2. The number of hydrogen-bond acceptors (Lipinski definition) is 3. The smallest absolute Gasteiger partial charge is 0.254 e. The molecule has 0 unspecified atom stereocenters. The SMILES string of the molecule is CCN1CCC(N(C)C(=O)c2ccc(N)cc2C)CC1. The van der Waals surface area contributed by atoms with Gasteiger partial charge in [0.25, 0.3) is 5.91 Å². The number of hydrogen-bond donors (Lipinski definition) is 1. The molecule has 0 atom stereocenters. The zero-order valence-electron chi connectivity index (χ0n) is 12.7. The molecule has 0 spiro atoms. The van der Waals surface area contributed by atoms with Crippen LogP contribution in [-0.2, 0) is 0 Å². The van der Waals surface area contributed by atoms with Crippen molar-refractivity contribution in [1.82, 2.24) is 9.80 Å². The summed E-state index contributed by atoms with van der Waals surface area (Å²) in [5, 5.41) is 0. The highest BCUT2D eigenvalue weighted by Gasteiger charge is 2.25. The number of carbonyl (C=O) groups excluding carboxylic acids is 1. The van der Waals surface area contributed by atoms with Gasteiger partial charge in [-0.3, -0.25) is 4.79 Å². The molecule has 0 aliphatic carbocycles. The minimum atomic E-state index is 0.109. The first-order valence-electron chi connectivity index (χ1n) is 7.38. The number of benzene rings is 1. The van der Waals surface area contributed by atoms with E-state index in [0.717, 1.165) is 43.6 Å². The first-order chi connectivity index (χ1) is 9.52. The van der Waals surface area contributed by atoms with Gasteiger partial charge in [0.1, 0.15) is 0 Å². The van der Waals surface area contributed by atoms with Gasteiger partial charge in [0, 0.05) is 37.4 Å². The van der Waals surface area contributed by atoms with Crippen LogP contribution in [0, 0.1) is 6.92 Å². The molecule has 1 aromatic rings. The van der Waals surface area contributed by atoms with Crippen molar-refractivity contribution in [2.24, 2.45) is 0 Å². The molecule has 0 saturated carbocycles. The van der Waals surface area contributed by atoms with Gasteiger partial charge >= 0.3 is 0 Å². The van der Waals surface area contributed by atoms with Crippen molar-refractivity contribution in [3.63, 3.8) is 0 Å². The maximum Gasteiger partial charge on any atom is 0.254 e. The molecular weight excluding hydrogens is 250 g/mol. The third kappa shape index (κ3) is 3.12. The van der Waals surface area contributed by atoms with Crippen molar-refractivity contribution >= 4 is 11.6 Å². The number of likely N-dealkylation sites (tertiary alicyclic amines) is 1. The Hall–Kier alpha value is -1.55. The fraction of sp³-hybridized carbons (Fsp3) is 0.562. The Morgan fingerprint density at radius 2 is 2.05 bits per heavy atom. The van der Waals surface area contributed by atoms with Crippen LogP contribution in [0.25, 0.3) is 0 Å². The van der Waals surface area contributed by atoms with Crippen LogP contribution in [0.5, 0.6) is 0 Å². The Kier molecular flexibility index (Phi) is 4.65. The number of carbonyl (C=O) groups is 1. The fourth-order valence-electron chi connectivity index (χ4n) is 2.91. The number of piperidine rings is 1. The van der Waals surface area contributed by atoms with E-state index in [1.165, 1.54) is 0 Å². The Bertz CT molecular complexity index is 479. The molecule has 1 aliphatic heterocycles. The minimum Gasteiger partial charge on any atom is -0.399 e. The van der Waals surface area contributed by atoms with Crippen molar-refractivity contribution in [1.29, 1.82) is 0 Å². The first kappa shape index (κ1) is 14.9. The average Bonchev–Trinajstić information content (AvgIpc) is 2.46. The van der Waals surface area contributed by atoms with E-state index in [0.29, 0.717) is 11.7 Å². The standard InChI is InChI=1S/C16H25N3O/c1-4-19-9-7-14(8-10-19)18(3)16(20)15-6-5-13(17)11-12(15)2/h5-6,11,14H,4,7-10,17H2,1-3H3. The molecular formula is C16H25N3O. The van der Waals surface area contributed by atoms with E-state index in [9.17, 15) is 4.79 Å². The summed E-state index contributed by atoms with van der Waals surface area (Å²) < 4.78 is 0. The van der Waals surface area contributed by atoms with Gasteiger partial charge in [-0.1, -0.05) is 6.92 Å². The van der Waals surface area contributed by atoms with Crippen LogP contribution in [0.1, 0.15) is 35.7 Å². The monoisotopic (exact) mass is 275 g/mol. The van der Waals surface area contributed by atoms with Crippen LogP contribution in [-0.4, -0.2) is 48.4 Å². The van der Waals surface area contributed by atoms with Crippen LogP contribution in [0.15, 0.2) is 18.2 Å². The van der Waals surface area contributed by atoms with Crippen LogP contribution in [0.4, 0.5) is 5.69 Å². The molecule has 4 heteroatoms. The van der Waals surface area contributed by atoms with Gasteiger partial charge in [-0.2, -0.15) is 0 Å². The summed E-state index contributed by atoms with van der Waals surface area (Å²) in [4.78, 5) is 16.9. The van der Waals surface area contributed by atoms with Gasteiger partial charge < -0.3 is 15.5 Å². The third-order valence-corrected chi connectivity index (χ3v) is 4.35. The number of nitrogens with zero attached hydrogens (tertiary/aromatic N) is 2. The van der Waals surface area contributed by atoms with Gasteiger partial charge in [-0.05, 0) is 50.1 Å². The van der Waals surface area contributed by atoms with Gasteiger partial charge in [0.15, 0.2) is 0 Å². The molecule has 1 saturated heterocycles. The lowest BCUT2D eigenvalue weighted by atomic mass is 10.0. The highest BCUT2D eigenvalue weighted by Crippen LogP contribution is 2.20. The molecule has 1 fully saturated rings. The van der Waals surface area contributed by atoms with E-state index >= 15 is 0 Å². The Labute approximate surface area is 121 Å². The molecule has 110 valence electrons.